The Balaban J connectivity index is 2.03. The van der Waals surface area contributed by atoms with Crippen LogP contribution < -0.4 is 5.32 Å². The van der Waals surface area contributed by atoms with E-state index in [-0.39, 0.29) is 5.82 Å². The third kappa shape index (κ3) is 4.59. The average molecular weight is 264 g/mol. The summed E-state index contributed by atoms with van der Waals surface area (Å²) in [6.45, 7) is 5.92. The molecule has 1 saturated carbocycles. The van der Waals surface area contributed by atoms with Gasteiger partial charge in [0.2, 0.25) is 0 Å². The number of benzene rings is 1. The van der Waals surface area contributed by atoms with Crippen molar-refractivity contribution in [1.29, 1.82) is 0 Å². The van der Waals surface area contributed by atoms with Crippen molar-refractivity contribution < 1.29 is 4.39 Å². The van der Waals surface area contributed by atoms with Crippen LogP contribution in [-0.2, 0) is 13.1 Å². The molecule has 0 atom stereocenters. The van der Waals surface area contributed by atoms with Crippen molar-refractivity contribution >= 4 is 0 Å². The summed E-state index contributed by atoms with van der Waals surface area (Å²) in [5.41, 5.74) is 1.99. The Morgan fingerprint density at radius 3 is 2.79 bits per heavy atom. The minimum Gasteiger partial charge on any atom is -0.316 e. The van der Waals surface area contributed by atoms with E-state index in [1.807, 2.05) is 19.2 Å². The van der Waals surface area contributed by atoms with Gasteiger partial charge >= 0.3 is 0 Å². The quantitative estimate of drug-likeness (QED) is 0.776. The first-order valence-corrected chi connectivity index (χ1v) is 7.37. The van der Waals surface area contributed by atoms with Gasteiger partial charge in [-0.3, -0.25) is 4.90 Å². The lowest BCUT2D eigenvalue weighted by Gasteiger charge is -2.22. The molecule has 1 aromatic rings. The van der Waals surface area contributed by atoms with Crippen LogP contribution in [0.15, 0.2) is 18.2 Å². The lowest BCUT2D eigenvalue weighted by molar-refractivity contribution is 0.251. The van der Waals surface area contributed by atoms with E-state index in [9.17, 15) is 4.39 Å². The van der Waals surface area contributed by atoms with Crippen LogP contribution in [0.1, 0.15) is 37.3 Å². The van der Waals surface area contributed by atoms with Crippen LogP contribution in [0, 0.1) is 11.7 Å². The summed E-state index contributed by atoms with van der Waals surface area (Å²) in [6.07, 6.45) is 3.83. The normalized spacial score (nSPS) is 15.2. The van der Waals surface area contributed by atoms with E-state index < -0.39 is 0 Å². The maximum atomic E-state index is 13.9. The maximum Gasteiger partial charge on any atom is 0.127 e. The Morgan fingerprint density at radius 1 is 1.37 bits per heavy atom. The molecule has 1 aliphatic carbocycles. The van der Waals surface area contributed by atoms with Gasteiger partial charge in [-0.1, -0.05) is 19.1 Å². The zero-order valence-electron chi connectivity index (χ0n) is 12.1. The highest BCUT2D eigenvalue weighted by Crippen LogP contribution is 2.30. The number of rotatable bonds is 8. The number of nitrogens with one attached hydrogen (secondary N) is 1. The topological polar surface area (TPSA) is 15.3 Å². The summed E-state index contributed by atoms with van der Waals surface area (Å²) < 4.78 is 13.9. The van der Waals surface area contributed by atoms with E-state index in [2.05, 4.69) is 17.1 Å². The maximum absolute atomic E-state index is 13.9. The van der Waals surface area contributed by atoms with Gasteiger partial charge in [-0.05, 0) is 50.4 Å². The van der Waals surface area contributed by atoms with Gasteiger partial charge in [0, 0.05) is 25.2 Å². The van der Waals surface area contributed by atoms with E-state index >= 15 is 0 Å². The average Bonchev–Trinajstić information content (AvgIpc) is 3.18. The molecule has 1 aliphatic rings. The van der Waals surface area contributed by atoms with Gasteiger partial charge in [0.1, 0.15) is 5.82 Å². The Morgan fingerprint density at radius 2 is 2.16 bits per heavy atom. The zero-order valence-corrected chi connectivity index (χ0v) is 12.1. The summed E-state index contributed by atoms with van der Waals surface area (Å²) >= 11 is 0. The van der Waals surface area contributed by atoms with E-state index in [1.165, 1.54) is 12.8 Å². The molecule has 1 fully saturated rings. The van der Waals surface area contributed by atoms with Crippen LogP contribution in [0.5, 0.6) is 0 Å². The molecule has 0 spiro atoms. The van der Waals surface area contributed by atoms with Crippen molar-refractivity contribution in [1.82, 2.24) is 10.2 Å². The lowest BCUT2D eigenvalue weighted by atomic mass is 10.1. The molecule has 0 radical (unpaired) electrons. The predicted octanol–water partition coefficient (Wildman–Crippen LogP) is 3.17. The minimum absolute atomic E-state index is 0.0725. The van der Waals surface area contributed by atoms with Crippen LogP contribution in [0.25, 0.3) is 0 Å². The fourth-order valence-corrected chi connectivity index (χ4v) is 2.52. The molecule has 0 bridgehead atoms. The largest absolute Gasteiger partial charge is 0.316 e. The SMILES string of the molecule is CCCN(Cc1cc(CNC)ccc1F)CC1CC1. The van der Waals surface area contributed by atoms with E-state index in [0.29, 0.717) is 0 Å². The highest BCUT2D eigenvalue weighted by Gasteiger charge is 2.24. The number of hydrogen-bond donors (Lipinski definition) is 1. The van der Waals surface area contributed by atoms with Crippen molar-refractivity contribution in [3.05, 3.63) is 35.1 Å². The number of nitrogens with zero attached hydrogens (tertiary/aromatic N) is 1. The van der Waals surface area contributed by atoms with Gasteiger partial charge in [0.15, 0.2) is 0 Å². The molecule has 0 heterocycles. The Bertz CT molecular complexity index is 402. The van der Waals surface area contributed by atoms with Crippen LogP contribution >= 0.6 is 0 Å². The second-order valence-corrected chi connectivity index (χ2v) is 5.63. The Labute approximate surface area is 116 Å². The van der Waals surface area contributed by atoms with E-state index in [1.54, 1.807) is 6.07 Å². The molecule has 2 nitrogen and oxygen atoms in total. The van der Waals surface area contributed by atoms with Crippen LogP contribution in [0.4, 0.5) is 4.39 Å². The predicted molar refractivity (Wildman–Crippen MR) is 77.5 cm³/mol. The molecular formula is C16H25FN2. The molecule has 19 heavy (non-hydrogen) atoms. The van der Waals surface area contributed by atoms with Crippen molar-refractivity contribution in [2.75, 3.05) is 20.1 Å². The first-order valence-electron chi connectivity index (χ1n) is 7.37. The molecule has 106 valence electrons. The monoisotopic (exact) mass is 264 g/mol. The molecule has 0 unspecified atom stereocenters. The van der Waals surface area contributed by atoms with Gasteiger partial charge in [-0.25, -0.2) is 4.39 Å². The summed E-state index contributed by atoms with van der Waals surface area (Å²) in [4.78, 5) is 2.40. The second-order valence-electron chi connectivity index (χ2n) is 5.63. The van der Waals surface area contributed by atoms with Gasteiger partial charge in [-0.2, -0.15) is 0 Å². The molecule has 0 amide bonds. The van der Waals surface area contributed by atoms with Crippen molar-refractivity contribution in [2.24, 2.45) is 5.92 Å². The van der Waals surface area contributed by atoms with Crippen molar-refractivity contribution in [2.45, 2.75) is 39.3 Å². The van der Waals surface area contributed by atoms with Gasteiger partial charge in [-0.15, -0.1) is 0 Å². The van der Waals surface area contributed by atoms with Crippen molar-refractivity contribution in [3.63, 3.8) is 0 Å². The Hall–Kier alpha value is -0.930. The third-order valence-electron chi connectivity index (χ3n) is 3.64. The molecule has 3 heteroatoms. The first-order chi connectivity index (χ1) is 9.22. The molecule has 0 aromatic heterocycles. The summed E-state index contributed by atoms with van der Waals surface area (Å²) in [7, 11) is 1.92. The number of hydrogen-bond acceptors (Lipinski definition) is 2. The third-order valence-corrected chi connectivity index (χ3v) is 3.64. The highest BCUT2D eigenvalue weighted by molar-refractivity contribution is 5.25. The fraction of sp³-hybridized carbons (Fsp3) is 0.625. The van der Waals surface area contributed by atoms with E-state index in [0.717, 1.165) is 49.6 Å². The zero-order chi connectivity index (χ0) is 13.7. The smallest absolute Gasteiger partial charge is 0.127 e. The first kappa shape index (κ1) is 14.5. The molecule has 1 aromatic carbocycles. The molecule has 2 rings (SSSR count). The second kappa shape index (κ2) is 7.01. The summed E-state index contributed by atoms with van der Waals surface area (Å²) in [5, 5.41) is 3.12. The molecule has 0 aliphatic heterocycles. The number of halogens is 1. The standard InChI is InChI=1S/C16H25FN2/c1-3-8-19(11-13-4-5-13)12-15-9-14(10-18-2)6-7-16(15)17/h6-7,9,13,18H,3-5,8,10-12H2,1-2H3. The Kier molecular flexibility index (Phi) is 5.34. The van der Waals surface area contributed by atoms with Gasteiger partial charge in [0.05, 0.1) is 0 Å². The minimum atomic E-state index is -0.0725. The fourth-order valence-electron chi connectivity index (χ4n) is 2.52. The van der Waals surface area contributed by atoms with Gasteiger partial charge in [0.25, 0.3) is 0 Å². The summed E-state index contributed by atoms with van der Waals surface area (Å²) in [6, 6.07) is 5.46. The van der Waals surface area contributed by atoms with Gasteiger partial charge < -0.3 is 5.32 Å². The van der Waals surface area contributed by atoms with Crippen LogP contribution in [0.2, 0.25) is 0 Å². The molecule has 0 saturated heterocycles. The lowest BCUT2D eigenvalue weighted by Crippen LogP contribution is -2.27. The molecular weight excluding hydrogens is 239 g/mol. The van der Waals surface area contributed by atoms with Crippen LogP contribution in [-0.4, -0.2) is 25.0 Å². The van der Waals surface area contributed by atoms with Crippen molar-refractivity contribution in [3.8, 4) is 0 Å². The molecule has 1 N–H and O–H groups in total. The van der Waals surface area contributed by atoms with Crippen LogP contribution in [0.3, 0.4) is 0 Å². The summed E-state index contributed by atoms with van der Waals surface area (Å²) in [5.74, 6) is 0.784. The van der Waals surface area contributed by atoms with E-state index in [4.69, 9.17) is 0 Å². The highest BCUT2D eigenvalue weighted by atomic mass is 19.1.